The van der Waals surface area contributed by atoms with Crippen molar-refractivity contribution >= 4 is 29.2 Å². The van der Waals surface area contributed by atoms with E-state index in [0.29, 0.717) is 0 Å². The van der Waals surface area contributed by atoms with Gasteiger partial charge in [-0.2, -0.15) is 0 Å². The molecule has 0 spiro atoms. The molecule has 1 N–H and O–H groups in total. The van der Waals surface area contributed by atoms with Gasteiger partial charge in [0.2, 0.25) is 0 Å². The Hall–Kier alpha value is -2.15. The number of nitro benzene ring substituents is 1. The summed E-state index contributed by atoms with van der Waals surface area (Å²) >= 11 is 5.85. The van der Waals surface area contributed by atoms with E-state index in [1.165, 1.54) is 18.2 Å². The normalized spacial score (nSPS) is 10.4. The van der Waals surface area contributed by atoms with Gasteiger partial charge in [0.1, 0.15) is 11.6 Å². The van der Waals surface area contributed by atoms with E-state index >= 15 is 0 Å². The quantitative estimate of drug-likeness (QED) is 0.663. The predicted octanol–water partition coefficient (Wildman–Crippen LogP) is 2.18. The van der Waals surface area contributed by atoms with E-state index in [2.05, 4.69) is 0 Å². The summed E-state index contributed by atoms with van der Waals surface area (Å²) in [5, 5.41) is 19.3. The van der Waals surface area contributed by atoms with Gasteiger partial charge in [-0.15, -0.1) is 0 Å². The van der Waals surface area contributed by atoms with Gasteiger partial charge in [0.25, 0.3) is 11.6 Å². The molecule has 0 unspecified atom stereocenters. The molecule has 108 valence electrons. The number of rotatable bonds is 5. The van der Waals surface area contributed by atoms with Gasteiger partial charge >= 0.3 is 5.97 Å². The fourth-order valence-electron chi connectivity index (χ4n) is 1.62. The van der Waals surface area contributed by atoms with Gasteiger partial charge in [-0.3, -0.25) is 19.7 Å². The van der Waals surface area contributed by atoms with Gasteiger partial charge in [0.15, 0.2) is 0 Å². The van der Waals surface area contributed by atoms with Crippen LogP contribution in [0.1, 0.15) is 24.2 Å². The summed E-state index contributed by atoms with van der Waals surface area (Å²) in [5.74, 6) is -1.83. The van der Waals surface area contributed by atoms with Gasteiger partial charge in [0, 0.05) is 12.1 Å². The Morgan fingerprint density at radius 1 is 1.45 bits per heavy atom. The Balaban J connectivity index is 3.22. The topological polar surface area (TPSA) is 101 Å². The van der Waals surface area contributed by atoms with Gasteiger partial charge in [0.05, 0.1) is 10.5 Å². The third-order valence-corrected chi connectivity index (χ3v) is 2.99. The molecule has 0 atom stereocenters. The molecule has 1 amide bonds. The molecule has 8 heteroatoms. The molecule has 0 heterocycles. The zero-order chi connectivity index (χ0) is 15.4. The zero-order valence-electron chi connectivity index (χ0n) is 10.9. The fourth-order valence-corrected chi connectivity index (χ4v) is 1.89. The molecule has 1 aromatic rings. The highest BCUT2D eigenvalue weighted by Crippen LogP contribution is 2.28. The summed E-state index contributed by atoms with van der Waals surface area (Å²) < 4.78 is 0. The third kappa shape index (κ3) is 3.45. The molecule has 7 nitrogen and oxygen atoms in total. The van der Waals surface area contributed by atoms with Gasteiger partial charge < -0.3 is 10.0 Å². The van der Waals surface area contributed by atoms with Crippen LogP contribution in [0.3, 0.4) is 0 Å². The lowest BCUT2D eigenvalue weighted by Gasteiger charge is -2.25. The van der Waals surface area contributed by atoms with E-state index in [1.807, 2.05) is 0 Å². The van der Waals surface area contributed by atoms with Crippen LogP contribution in [0.2, 0.25) is 5.02 Å². The number of hydrogen-bond donors (Lipinski definition) is 1. The van der Waals surface area contributed by atoms with Gasteiger partial charge in [-0.05, 0) is 19.9 Å². The SMILES string of the molecule is CC(C)N(CC(=O)O)C(=O)c1cccc([N+](=O)[O-])c1Cl. The summed E-state index contributed by atoms with van der Waals surface area (Å²) in [6, 6.07) is 3.45. The van der Waals surface area contributed by atoms with E-state index in [1.54, 1.807) is 13.8 Å². The number of nitro groups is 1. The monoisotopic (exact) mass is 300 g/mol. The standard InChI is InChI=1S/C12H13ClN2O5/c1-7(2)14(6-10(16)17)12(18)8-4-3-5-9(11(8)13)15(19)20/h3-5,7H,6H2,1-2H3,(H,16,17). The molecular formula is C12H13ClN2O5. The minimum absolute atomic E-state index is 0.0872. The van der Waals surface area contributed by atoms with Crippen LogP contribution >= 0.6 is 11.6 Å². The van der Waals surface area contributed by atoms with E-state index in [4.69, 9.17) is 16.7 Å². The molecule has 1 aromatic carbocycles. The average molecular weight is 301 g/mol. The number of carboxylic acid groups (broad SMARTS) is 1. The van der Waals surface area contributed by atoms with E-state index < -0.39 is 29.0 Å². The van der Waals surface area contributed by atoms with Gasteiger partial charge in [-0.1, -0.05) is 17.7 Å². The number of carboxylic acids is 1. The zero-order valence-corrected chi connectivity index (χ0v) is 11.6. The Bertz CT molecular complexity index is 559. The number of carbonyl (C=O) groups is 2. The van der Waals surface area contributed by atoms with Crippen molar-refractivity contribution in [3.8, 4) is 0 Å². The summed E-state index contributed by atoms with van der Waals surface area (Å²) in [7, 11) is 0. The number of amides is 1. The second-order valence-corrected chi connectivity index (χ2v) is 4.69. The van der Waals surface area contributed by atoms with E-state index in [0.717, 1.165) is 4.90 Å². The number of halogens is 1. The second kappa shape index (κ2) is 6.33. The van der Waals surface area contributed by atoms with Crippen LogP contribution in [0.25, 0.3) is 0 Å². The van der Waals surface area contributed by atoms with Crippen molar-refractivity contribution in [3.05, 3.63) is 38.9 Å². The van der Waals surface area contributed by atoms with Crippen LogP contribution in [0.4, 0.5) is 5.69 Å². The van der Waals surface area contributed by atoms with Crippen LogP contribution in [-0.4, -0.2) is 39.4 Å². The molecule has 0 fully saturated rings. The molecule has 0 aromatic heterocycles. The Morgan fingerprint density at radius 2 is 2.05 bits per heavy atom. The lowest BCUT2D eigenvalue weighted by molar-refractivity contribution is -0.384. The second-order valence-electron chi connectivity index (χ2n) is 4.32. The van der Waals surface area contributed by atoms with Crippen molar-refractivity contribution in [1.29, 1.82) is 0 Å². The lowest BCUT2D eigenvalue weighted by atomic mass is 10.1. The molecule has 0 aliphatic heterocycles. The molecule has 1 rings (SSSR count). The maximum Gasteiger partial charge on any atom is 0.323 e. The maximum absolute atomic E-state index is 12.3. The average Bonchev–Trinajstić information content (AvgIpc) is 2.34. The first kappa shape index (κ1) is 15.9. The van der Waals surface area contributed by atoms with Crippen molar-refractivity contribution < 1.29 is 19.6 Å². The predicted molar refractivity (Wildman–Crippen MR) is 71.9 cm³/mol. The molecule has 0 bridgehead atoms. The van der Waals surface area contributed by atoms with Crippen LogP contribution in [0.5, 0.6) is 0 Å². The summed E-state index contributed by atoms with van der Waals surface area (Å²) in [6.45, 7) is 2.79. The summed E-state index contributed by atoms with van der Waals surface area (Å²) in [6.07, 6.45) is 0. The highest BCUT2D eigenvalue weighted by molar-refractivity contribution is 6.35. The largest absolute Gasteiger partial charge is 0.480 e. The molecular weight excluding hydrogens is 288 g/mol. The Labute approximate surface area is 119 Å². The van der Waals surface area contributed by atoms with Crippen LogP contribution < -0.4 is 0 Å². The minimum Gasteiger partial charge on any atom is -0.480 e. The smallest absolute Gasteiger partial charge is 0.323 e. The highest BCUT2D eigenvalue weighted by Gasteiger charge is 2.26. The molecule has 0 saturated heterocycles. The fraction of sp³-hybridized carbons (Fsp3) is 0.333. The Morgan fingerprint density at radius 3 is 2.50 bits per heavy atom. The van der Waals surface area contributed by atoms with Crippen LogP contribution in [0, 0.1) is 10.1 Å². The minimum atomic E-state index is -1.17. The maximum atomic E-state index is 12.3. The summed E-state index contributed by atoms with van der Waals surface area (Å²) in [4.78, 5) is 34.2. The van der Waals surface area contributed by atoms with Crippen molar-refractivity contribution in [2.75, 3.05) is 6.54 Å². The molecule has 0 aliphatic rings. The molecule has 0 aliphatic carbocycles. The van der Waals surface area contributed by atoms with Crippen molar-refractivity contribution in [3.63, 3.8) is 0 Å². The number of carbonyl (C=O) groups excluding carboxylic acids is 1. The van der Waals surface area contributed by atoms with Crippen LogP contribution in [-0.2, 0) is 4.79 Å². The third-order valence-electron chi connectivity index (χ3n) is 2.60. The molecule has 20 heavy (non-hydrogen) atoms. The van der Waals surface area contributed by atoms with Gasteiger partial charge in [-0.25, -0.2) is 0 Å². The van der Waals surface area contributed by atoms with Crippen LogP contribution in [0.15, 0.2) is 18.2 Å². The summed E-state index contributed by atoms with van der Waals surface area (Å²) in [5.41, 5.74) is -0.479. The van der Waals surface area contributed by atoms with Crippen molar-refractivity contribution in [1.82, 2.24) is 4.90 Å². The molecule has 0 saturated carbocycles. The first-order valence-corrected chi connectivity index (χ1v) is 6.09. The van der Waals surface area contributed by atoms with E-state index in [-0.39, 0.29) is 16.6 Å². The molecule has 0 radical (unpaired) electrons. The highest BCUT2D eigenvalue weighted by atomic mass is 35.5. The number of hydrogen-bond acceptors (Lipinski definition) is 4. The van der Waals surface area contributed by atoms with Crippen molar-refractivity contribution in [2.45, 2.75) is 19.9 Å². The number of nitrogens with zero attached hydrogens (tertiary/aromatic N) is 2. The first-order chi connectivity index (χ1) is 9.25. The number of aliphatic carboxylic acids is 1. The van der Waals surface area contributed by atoms with Crippen molar-refractivity contribution in [2.24, 2.45) is 0 Å². The lowest BCUT2D eigenvalue weighted by Crippen LogP contribution is -2.40. The Kier molecular flexibility index (Phi) is 5.04. The number of benzene rings is 1. The first-order valence-electron chi connectivity index (χ1n) is 5.71. The van der Waals surface area contributed by atoms with E-state index in [9.17, 15) is 19.7 Å².